The molecule has 2 heterocycles. The molecule has 116 valence electrons. The molecular weight excluding hydrogens is 332 g/mol. The van der Waals surface area contributed by atoms with Crippen LogP contribution >= 0.6 is 23.1 Å². The molecule has 23 heavy (non-hydrogen) atoms. The van der Waals surface area contributed by atoms with Crippen molar-refractivity contribution in [2.75, 3.05) is 5.75 Å². The Morgan fingerprint density at radius 2 is 1.96 bits per heavy atom. The van der Waals surface area contributed by atoms with Gasteiger partial charge in [-0.2, -0.15) is 0 Å². The number of benzene rings is 1. The minimum Gasteiger partial charge on any atom is -0.272 e. The summed E-state index contributed by atoms with van der Waals surface area (Å²) < 4.78 is 0. The molecule has 3 rings (SSSR count). The number of thiophene rings is 1. The van der Waals surface area contributed by atoms with Crippen LogP contribution in [0.25, 0.3) is 10.9 Å². The summed E-state index contributed by atoms with van der Waals surface area (Å²) in [6.07, 6.45) is 1.47. The van der Waals surface area contributed by atoms with Gasteiger partial charge in [-0.3, -0.25) is 20.4 Å². The van der Waals surface area contributed by atoms with Crippen LogP contribution in [0.5, 0.6) is 0 Å². The van der Waals surface area contributed by atoms with Crippen LogP contribution in [0.2, 0.25) is 0 Å². The van der Waals surface area contributed by atoms with E-state index in [2.05, 4.69) is 20.8 Å². The van der Waals surface area contributed by atoms with Crippen molar-refractivity contribution < 1.29 is 9.59 Å². The summed E-state index contributed by atoms with van der Waals surface area (Å²) in [6, 6.07) is 11.1. The summed E-state index contributed by atoms with van der Waals surface area (Å²) >= 11 is 2.60. The average Bonchev–Trinajstić information content (AvgIpc) is 3.12. The van der Waals surface area contributed by atoms with Gasteiger partial charge in [0.25, 0.3) is 5.91 Å². The van der Waals surface area contributed by atoms with Crippen molar-refractivity contribution in [2.24, 2.45) is 0 Å². The molecule has 0 saturated heterocycles. The van der Waals surface area contributed by atoms with Gasteiger partial charge in [0.15, 0.2) is 0 Å². The van der Waals surface area contributed by atoms with Gasteiger partial charge in [0.1, 0.15) is 11.4 Å². The van der Waals surface area contributed by atoms with Crippen molar-refractivity contribution in [1.82, 2.24) is 20.8 Å². The van der Waals surface area contributed by atoms with Gasteiger partial charge < -0.3 is 0 Å². The maximum Gasteiger partial charge on any atom is 0.279 e. The first-order valence-corrected chi connectivity index (χ1v) is 8.56. The molecule has 0 unspecified atom stereocenters. The molecule has 0 atom stereocenters. The monoisotopic (exact) mass is 344 g/mol. The van der Waals surface area contributed by atoms with Gasteiger partial charge in [0, 0.05) is 5.39 Å². The van der Waals surface area contributed by atoms with Crippen molar-refractivity contribution >= 4 is 45.8 Å². The van der Waals surface area contributed by atoms with E-state index in [1.165, 1.54) is 29.4 Å². The third kappa shape index (κ3) is 3.85. The van der Waals surface area contributed by atoms with Gasteiger partial charge in [0.05, 0.1) is 16.1 Å². The molecule has 2 amide bonds. The van der Waals surface area contributed by atoms with Gasteiger partial charge in [-0.05, 0) is 17.5 Å². The first-order chi connectivity index (χ1) is 11.2. The van der Waals surface area contributed by atoms with Crippen LogP contribution in [0, 0.1) is 0 Å². The SMILES string of the molecule is O=C(CSc1ncnc2ccccc12)NNC(=O)c1cccs1. The number of thioether (sulfide) groups is 1. The third-order valence-electron chi connectivity index (χ3n) is 2.91. The van der Waals surface area contributed by atoms with Crippen LogP contribution in [-0.2, 0) is 4.79 Å². The molecule has 1 aromatic carbocycles. The summed E-state index contributed by atoms with van der Waals surface area (Å²) in [7, 11) is 0. The Hall–Kier alpha value is -2.45. The highest BCUT2D eigenvalue weighted by molar-refractivity contribution is 8.00. The Morgan fingerprint density at radius 3 is 2.78 bits per heavy atom. The van der Waals surface area contributed by atoms with Crippen LogP contribution in [0.4, 0.5) is 0 Å². The van der Waals surface area contributed by atoms with Crippen molar-refractivity contribution in [3.63, 3.8) is 0 Å². The van der Waals surface area contributed by atoms with Crippen molar-refractivity contribution in [3.05, 3.63) is 53.0 Å². The van der Waals surface area contributed by atoms with Crippen molar-refractivity contribution in [1.29, 1.82) is 0 Å². The maximum atomic E-state index is 11.8. The Bertz CT molecular complexity index is 831. The molecule has 2 aromatic heterocycles. The van der Waals surface area contributed by atoms with Crippen LogP contribution in [-0.4, -0.2) is 27.5 Å². The van der Waals surface area contributed by atoms with E-state index in [0.29, 0.717) is 4.88 Å². The van der Waals surface area contributed by atoms with Crippen molar-refractivity contribution in [2.45, 2.75) is 5.03 Å². The zero-order valence-corrected chi connectivity index (χ0v) is 13.5. The number of para-hydroxylation sites is 1. The highest BCUT2D eigenvalue weighted by atomic mass is 32.2. The molecule has 0 aliphatic rings. The molecule has 6 nitrogen and oxygen atoms in total. The maximum absolute atomic E-state index is 11.8. The van der Waals surface area contributed by atoms with Gasteiger partial charge in [0.2, 0.25) is 5.91 Å². The predicted molar refractivity (Wildman–Crippen MR) is 90.2 cm³/mol. The number of carbonyl (C=O) groups is 2. The summed E-state index contributed by atoms with van der Waals surface area (Å²) in [5.41, 5.74) is 5.61. The van der Waals surface area contributed by atoms with Gasteiger partial charge in [-0.1, -0.05) is 36.0 Å². The number of nitrogens with one attached hydrogen (secondary N) is 2. The lowest BCUT2D eigenvalue weighted by Crippen LogP contribution is -2.42. The second kappa shape index (κ2) is 7.21. The largest absolute Gasteiger partial charge is 0.279 e. The lowest BCUT2D eigenvalue weighted by Gasteiger charge is -2.07. The number of rotatable bonds is 4. The van der Waals surface area contributed by atoms with E-state index < -0.39 is 0 Å². The Balaban J connectivity index is 1.55. The van der Waals surface area contributed by atoms with Crippen LogP contribution in [0.1, 0.15) is 9.67 Å². The Kier molecular flexibility index (Phi) is 4.84. The first kappa shape index (κ1) is 15.4. The van der Waals surface area contributed by atoms with E-state index >= 15 is 0 Å². The number of hydrogen-bond acceptors (Lipinski definition) is 6. The molecule has 0 aliphatic carbocycles. The molecule has 0 saturated carbocycles. The highest BCUT2D eigenvalue weighted by Crippen LogP contribution is 2.23. The number of aromatic nitrogens is 2. The lowest BCUT2D eigenvalue weighted by atomic mass is 10.2. The molecule has 0 fully saturated rings. The average molecular weight is 344 g/mol. The summed E-state index contributed by atoms with van der Waals surface area (Å²) in [4.78, 5) is 32.5. The summed E-state index contributed by atoms with van der Waals surface area (Å²) in [5.74, 6) is -0.487. The Labute approximate surface area is 140 Å². The third-order valence-corrected chi connectivity index (χ3v) is 4.78. The number of carbonyl (C=O) groups excluding carboxylic acids is 2. The first-order valence-electron chi connectivity index (χ1n) is 6.69. The van der Waals surface area contributed by atoms with Crippen LogP contribution in [0.15, 0.2) is 53.1 Å². The topological polar surface area (TPSA) is 84.0 Å². The smallest absolute Gasteiger partial charge is 0.272 e. The fraction of sp³-hybridized carbons (Fsp3) is 0.0667. The number of hydrogen-bond donors (Lipinski definition) is 2. The van der Waals surface area contributed by atoms with E-state index in [1.54, 1.807) is 17.5 Å². The molecular formula is C15H12N4O2S2. The molecule has 2 N–H and O–H groups in total. The van der Waals surface area contributed by atoms with Gasteiger partial charge >= 0.3 is 0 Å². The second-order valence-corrected chi connectivity index (χ2v) is 6.38. The molecule has 3 aromatic rings. The zero-order chi connectivity index (χ0) is 16.1. The minimum atomic E-state index is -0.328. The van der Waals surface area contributed by atoms with Crippen molar-refractivity contribution in [3.8, 4) is 0 Å². The molecule has 0 bridgehead atoms. The van der Waals surface area contributed by atoms with E-state index in [0.717, 1.165) is 15.9 Å². The molecule has 0 spiro atoms. The van der Waals surface area contributed by atoms with Crippen LogP contribution in [0.3, 0.4) is 0 Å². The quantitative estimate of drug-likeness (QED) is 0.431. The number of hydrazine groups is 1. The van der Waals surface area contributed by atoms with Gasteiger partial charge in [-0.25, -0.2) is 9.97 Å². The highest BCUT2D eigenvalue weighted by Gasteiger charge is 2.10. The molecule has 8 heteroatoms. The fourth-order valence-corrected chi connectivity index (χ4v) is 3.27. The zero-order valence-electron chi connectivity index (χ0n) is 11.9. The number of fused-ring (bicyclic) bond motifs is 1. The number of nitrogens with zero attached hydrogens (tertiary/aromatic N) is 2. The lowest BCUT2D eigenvalue weighted by molar-refractivity contribution is -0.119. The summed E-state index contributed by atoms with van der Waals surface area (Å²) in [6.45, 7) is 0. The fourth-order valence-electron chi connectivity index (χ4n) is 1.86. The standard InChI is InChI=1S/C15H12N4O2S2/c20-13(18-19-14(21)12-6-3-7-22-12)8-23-15-10-4-1-2-5-11(10)16-9-17-15/h1-7,9H,8H2,(H,18,20)(H,19,21). The summed E-state index contributed by atoms with van der Waals surface area (Å²) in [5, 5.41) is 3.43. The van der Waals surface area contributed by atoms with E-state index in [9.17, 15) is 9.59 Å². The predicted octanol–water partition coefficient (Wildman–Crippen LogP) is 2.24. The van der Waals surface area contributed by atoms with E-state index in [1.807, 2.05) is 24.3 Å². The van der Waals surface area contributed by atoms with E-state index in [-0.39, 0.29) is 17.6 Å². The molecule has 0 aliphatic heterocycles. The molecule has 0 radical (unpaired) electrons. The number of amides is 2. The Morgan fingerprint density at radius 1 is 1.09 bits per heavy atom. The van der Waals surface area contributed by atoms with E-state index in [4.69, 9.17) is 0 Å². The normalized spacial score (nSPS) is 10.4. The minimum absolute atomic E-state index is 0.145. The second-order valence-electron chi connectivity index (χ2n) is 4.46. The van der Waals surface area contributed by atoms with Crippen LogP contribution < -0.4 is 10.9 Å². The van der Waals surface area contributed by atoms with Gasteiger partial charge in [-0.15, -0.1) is 11.3 Å².